The van der Waals surface area contributed by atoms with Gasteiger partial charge in [-0.3, -0.25) is 14.4 Å². The van der Waals surface area contributed by atoms with Gasteiger partial charge in [0, 0.05) is 17.4 Å². The summed E-state index contributed by atoms with van der Waals surface area (Å²) in [6, 6.07) is 14.8. The van der Waals surface area contributed by atoms with Crippen LogP contribution in [0.5, 0.6) is 5.88 Å². The molecule has 0 fully saturated rings. The number of hydrogen-bond acceptors (Lipinski definition) is 5. The number of rotatable bonds is 4. The summed E-state index contributed by atoms with van der Waals surface area (Å²) in [7, 11) is 0. The van der Waals surface area contributed by atoms with E-state index in [1.165, 1.54) is 11.3 Å². The van der Waals surface area contributed by atoms with E-state index in [1.54, 1.807) is 35.0 Å². The predicted octanol–water partition coefficient (Wildman–Crippen LogP) is 4.86. The summed E-state index contributed by atoms with van der Waals surface area (Å²) in [6.07, 6.45) is 3.61. The summed E-state index contributed by atoms with van der Waals surface area (Å²) in [5, 5.41) is 19.6. The normalized spacial score (nSPS) is 13.9. The lowest BCUT2D eigenvalue weighted by atomic mass is 10.1. The first kappa shape index (κ1) is 17.4. The molecule has 0 saturated carbocycles. The molecular weight excluding hydrogens is 380 g/mol. The maximum atomic E-state index is 10.8. The smallest absolute Gasteiger partial charge is 0.307 e. The Hall–Kier alpha value is -3.03. The van der Waals surface area contributed by atoms with Gasteiger partial charge in [0.2, 0.25) is 5.88 Å². The number of carboxylic acid groups (broad SMARTS) is 1. The Morgan fingerprint density at radius 1 is 1.19 bits per heavy atom. The van der Waals surface area contributed by atoms with Crippen LogP contribution >= 0.6 is 23.6 Å². The van der Waals surface area contributed by atoms with Crippen LogP contribution in [0.3, 0.4) is 0 Å². The van der Waals surface area contributed by atoms with Gasteiger partial charge in [0.1, 0.15) is 0 Å². The zero-order valence-electron chi connectivity index (χ0n) is 14.0. The molecule has 5 nitrogen and oxygen atoms in total. The highest BCUT2D eigenvalue weighted by Gasteiger charge is 2.16. The van der Waals surface area contributed by atoms with E-state index in [9.17, 15) is 9.90 Å². The molecule has 0 bridgehead atoms. The topological polar surface area (TPSA) is 74.8 Å². The third-order valence-corrected chi connectivity index (χ3v) is 5.52. The Bertz CT molecular complexity index is 1150. The molecule has 3 aromatic rings. The number of carbonyl (C=O) groups is 1. The zero-order valence-corrected chi connectivity index (χ0v) is 15.6. The monoisotopic (exact) mass is 394 g/mol. The molecule has 2 N–H and O–H groups in total. The average Bonchev–Trinajstić information content (AvgIpc) is 3.17. The number of nitrogens with zero attached hydrogens (tertiary/aromatic N) is 2. The molecule has 0 aliphatic carbocycles. The molecule has 0 unspecified atom stereocenters. The summed E-state index contributed by atoms with van der Waals surface area (Å²) in [4.78, 5) is 15.8. The molecule has 4 rings (SSSR count). The molecule has 1 aliphatic rings. The van der Waals surface area contributed by atoms with Crippen molar-refractivity contribution in [3.63, 3.8) is 0 Å². The number of aliphatic imine (C=N–C) groups is 1. The number of allylic oxidation sites excluding steroid dienone is 1. The molecule has 0 saturated heterocycles. The van der Waals surface area contributed by atoms with Crippen LogP contribution in [-0.2, 0) is 11.2 Å². The van der Waals surface area contributed by atoms with E-state index < -0.39 is 5.97 Å². The number of benzene rings is 2. The number of hydrogen-bond donors (Lipinski definition) is 2. The van der Waals surface area contributed by atoms with E-state index >= 15 is 0 Å². The maximum absolute atomic E-state index is 10.8. The Kier molecular flexibility index (Phi) is 4.47. The van der Waals surface area contributed by atoms with Crippen LogP contribution in [0.25, 0.3) is 17.3 Å². The molecule has 0 atom stereocenters. The van der Waals surface area contributed by atoms with Gasteiger partial charge in [-0.05, 0) is 42.1 Å². The number of aromatic hydroxyl groups is 1. The van der Waals surface area contributed by atoms with Crippen LogP contribution in [0.1, 0.15) is 16.0 Å². The fourth-order valence-corrected chi connectivity index (χ4v) is 4.24. The Morgan fingerprint density at radius 2 is 1.93 bits per heavy atom. The molecule has 134 valence electrons. The van der Waals surface area contributed by atoms with Gasteiger partial charge in [-0.15, -0.1) is 11.3 Å². The van der Waals surface area contributed by atoms with Crippen molar-refractivity contribution in [3.8, 4) is 11.6 Å². The Morgan fingerprint density at radius 3 is 2.67 bits per heavy atom. The molecule has 1 aliphatic heterocycles. The molecule has 0 radical (unpaired) electrons. The van der Waals surface area contributed by atoms with Gasteiger partial charge in [0.05, 0.1) is 22.7 Å². The average molecular weight is 394 g/mol. The first-order valence-corrected chi connectivity index (χ1v) is 9.36. The van der Waals surface area contributed by atoms with Crippen molar-refractivity contribution in [3.05, 3.63) is 68.5 Å². The minimum atomic E-state index is -0.884. The van der Waals surface area contributed by atoms with Crippen LogP contribution in [0.15, 0.2) is 53.5 Å². The van der Waals surface area contributed by atoms with Gasteiger partial charge in [0.15, 0.2) is 3.95 Å². The molecule has 2 aromatic carbocycles. The second kappa shape index (κ2) is 6.94. The Balaban J connectivity index is 1.71. The highest BCUT2D eigenvalue weighted by molar-refractivity contribution is 7.73. The van der Waals surface area contributed by atoms with Gasteiger partial charge in [0.25, 0.3) is 0 Å². The van der Waals surface area contributed by atoms with E-state index in [1.807, 2.05) is 30.3 Å². The lowest BCUT2D eigenvalue weighted by Gasteiger charge is -2.06. The minimum Gasteiger partial charge on any atom is -0.493 e. The standard InChI is InChI=1S/C20H14N2O3S2/c23-18(24)9-12-5-7-14(8-6-12)22-19(25)17(27-20(22)26)10-13-11-21-16-4-2-1-3-15(13)16/h1-8,10-11,25H,9H2,(H,23,24)/b13-10-. The van der Waals surface area contributed by atoms with E-state index in [0.717, 1.165) is 16.8 Å². The second-order valence-corrected chi connectivity index (χ2v) is 7.68. The van der Waals surface area contributed by atoms with E-state index in [2.05, 4.69) is 4.99 Å². The summed E-state index contributed by atoms with van der Waals surface area (Å²) >= 11 is 6.74. The number of fused-ring (bicyclic) bond motifs is 1. The minimum absolute atomic E-state index is 0.0443. The van der Waals surface area contributed by atoms with Gasteiger partial charge in [-0.2, -0.15) is 0 Å². The summed E-state index contributed by atoms with van der Waals surface area (Å²) in [5.74, 6) is -0.827. The summed E-state index contributed by atoms with van der Waals surface area (Å²) in [5.41, 5.74) is 4.21. The third-order valence-electron chi connectivity index (χ3n) is 4.21. The highest BCUT2D eigenvalue weighted by Crippen LogP contribution is 2.36. The Labute approximate surface area is 164 Å². The fourth-order valence-electron chi connectivity index (χ4n) is 2.94. The van der Waals surface area contributed by atoms with Crippen molar-refractivity contribution in [1.82, 2.24) is 4.57 Å². The highest BCUT2D eigenvalue weighted by atomic mass is 32.1. The van der Waals surface area contributed by atoms with Gasteiger partial charge in [-0.25, -0.2) is 0 Å². The van der Waals surface area contributed by atoms with Crippen molar-refractivity contribution in [2.75, 3.05) is 0 Å². The molecule has 0 spiro atoms. The number of thiazole rings is 1. The SMILES string of the molecule is O=C(O)Cc1ccc(-n2c(O)c(/C=C3/C=Nc4ccccc43)sc2=S)cc1. The first-order chi connectivity index (χ1) is 13.0. The van der Waals surface area contributed by atoms with Gasteiger partial charge >= 0.3 is 5.97 Å². The summed E-state index contributed by atoms with van der Waals surface area (Å²) in [6.45, 7) is 0. The van der Waals surface area contributed by atoms with Crippen molar-refractivity contribution in [1.29, 1.82) is 0 Å². The first-order valence-electron chi connectivity index (χ1n) is 8.14. The van der Waals surface area contributed by atoms with Crippen molar-refractivity contribution in [2.45, 2.75) is 6.42 Å². The molecule has 27 heavy (non-hydrogen) atoms. The molecule has 2 heterocycles. The predicted molar refractivity (Wildman–Crippen MR) is 110 cm³/mol. The van der Waals surface area contributed by atoms with Crippen LogP contribution in [0.4, 0.5) is 5.69 Å². The molecule has 7 heteroatoms. The van der Waals surface area contributed by atoms with Gasteiger partial charge < -0.3 is 10.2 Å². The lowest BCUT2D eigenvalue weighted by molar-refractivity contribution is -0.136. The molecule has 0 amide bonds. The quantitative estimate of drug-likeness (QED) is 0.620. The van der Waals surface area contributed by atoms with Crippen molar-refractivity contribution >= 4 is 53.1 Å². The van der Waals surface area contributed by atoms with Crippen LogP contribution in [0.2, 0.25) is 0 Å². The molecular formula is C20H14N2O3S2. The van der Waals surface area contributed by atoms with Crippen LogP contribution in [-0.4, -0.2) is 27.0 Å². The van der Waals surface area contributed by atoms with Crippen LogP contribution < -0.4 is 0 Å². The van der Waals surface area contributed by atoms with E-state index in [0.29, 0.717) is 20.1 Å². The van der Waals surface area contributed by atoms with E-state index in [4.69, 9.17) is 17.3 Å². The van der Waals surface area contributed by atoms with Crippen LogP contribution in [0, 0.1) is 3.95 Å². The lowest BCUT2D eigenvalue weighted by Crippen LogP contribution is -2.00. The number of aromatic nitrogens is 1. The molecule has 1 aromatic heterocycles. The number of carboxylic acids is 1. The summed E-state index contributed by atoms with van der Waals surface area (Å²) < 4.78 is 2.09. The van der Waals surface area contributed by atoms with E-state index in [-0.39, 0.29) is 12.3 Å². The zero-order chi connectivity index (χ0) is 19.0. The van der Waals surface area contributed by atoms with Gasteiger partial charge in [-0.1, -0.05) is 30.3 Å². The van der Waals surface area contributed by atoms with Crippen molar-refractivity contribution < 1.29 is 15.0 Å². The maximum Gasteiger partial charge on any atom is 0.307 e. The third kappa shape index (κ3) is 3.34. The number of para-hydroxylation sites is 1. The number of aliphatic carboxylic acids is 1. The largest absolute Gasteiger partial charge is 0.493 e. The second-order valence-electron chi connectivity index (χ2n) is 6.00. The fraction of sp³-hybridized carbons (Fsp3) is 0.0500. The van der Waals surface area contributed by atoms with Crippen molar-refractivity contribution in [2.24, 2.45) is 4.99 Å².